The number of aryl methyl sites for hydroxylation is 1. The second-order valence-electron chi connectivity index (χ2n) is 5.47. The number of pyridine rings is 1. The number of ether oxygens (including phenoxy) is 1. The van der Waals surface area contributed by atoms with Gasteiger partial charge in [0.25, 0.3) is 0 Å². The van der Waals surface area contributed by atoms with Gasteiger partial charge in [0.1, 0.15) is 6.61 Å². The van der Waals surface area contributed by atoms with Crippen molar-refractivity contribution in [3.8, 4) is 5.88 Å². The highest BCUT2D eigenvalue weighted by atomic mass is 79.9. The molecule has 0 bridgehead atoms. The highest BCUT2D eigenvalue weighted by Gasteiger charge is 2.20. The molecule has 3 rings (SSSR count). The molecule has 1 N–H and O–H groups in total. The van der Waals surface area contributed by atoms with Gasteiger partial charge < -0.3 is 10.1 Å². The summed E-state index contributed by atoms with van der Waals surface area (Å²) in [5.74, 6) is 0.683. The summed E-state index contributed by atoms with van der Waals surface area (Å²) in [7, 11) is 0. The van der Waals surface area contributed by atoms with Crippen molar-refractivity contribution in [1.29, 1.82) is 0 Å². The molecule has 0 saturated heterocycles. The van der Waals surface area contributed by atoms with E-state index in [1.165, 1.54) is 18.4 Å². The van der Waals surface area contributed by atoms with E-state index in [0.717, 1.165) is 28.3 Å². The van der Waals surface area contributed by atoms with Gasteiger partial charge in [0.15, 0.2) is 0 Å². The first kappa shape index (κ1) is 14.5. The Morgan fingerprint density at radius 2 is 2.14 bits per heavy atom. The molecule has 0 atom stereocenters. The van der Waals surface area contributed by atoms with E-state index in [9.17, 15) is 0 Å². The van der Waals surface area contributed by atoms with Crippen LogP contribution in [0.2, 0.25) is 0 Å². The fourth-order valence-corrected chi connectivity index (χ4v) is 2.61. The summed E-state index contributed by atoms with van der Waals surface area (Å²) < 4.78 is 6.83. The van der Waals surface area contributed by atoms with E-state index in [2.05, 4.69) is 38.4 Å². The van der Waals surface area contributed by atoms with Crippen molar-refractivity contribution < 1.29 is 4.74 Å². The number of nitrogens with one attached hydrogen (secondary N) is 1. The van der Waals surface area contributed by atoms with Crippen LogP contribution in [0.25, 0.3) is 0 Å². The molecule has 0 aliphatic heterocycles. The molecular formula is C17H19BrN2O. The SMILES string of the molecule is Cc1nc(OCc2cccc(Br)c2)ccc1CNC1CC1. The van der Waals surface area contributed by atoms with Crippen molar-refractivity contribution in [3.63, 3.8) is 0 Å². The maximum absolute atomic E-state index is 5.77. The largest absolute Gasteiger partial charge is 0.473 e. The van der Waals surface area contributed by atoms with Crippen LogP contribution in [-0.4, -0.2) is 11.0 Å². The van der Waals surface area contributed by atoms with Crippen LogP contribution in [0, 0.1) is 6.92 Å². The Hall–Kier alpha value is -1.39. The van der Waals surface area contributed by atoms with Gasteiger partial charge in [-0.15, -0.1) is 0 Å². The zero-order valence-electron chi connectivity index (χ0n) is 12.1. The third kappa shape index (κ3) is 4.29. The van der Waals surface area contributed by atoms with Gasteiger partial charge in [-0.25, -0.2) is 4.98 Å². The minimum Gasteiger partial charge on any atom is -0.473 e. The first-order chi connectivity index (χ1) is 10.2. The van der Waals surface area contributed by atoms with Crippen LogP contribution < -0.4 is 10.1 Å². The predicted octanol–water partition coefficient (Wildman–Crippen LogP) is 3.98. The second-order valence-corrected chi connectivity index (χ2v) is 6.38. The van der Waals surface area contributed by atoms with Crippen molar-refractivity contribution >= 4 is 15.9 Å². The van der Waals surface area contributed by atoms with Crippen LogP contribution in [0.1, 0.15) is 29.7 Å². The molecule has 3 nitrogen and oxygen atoms in total. The van der Waals surface area contributed by atoms with Crippen LogP contribution in [0.5, 0.6) is 5.88 Å². The number of aromatic nitrogens is 1. The molecule has 21 heavy (non-hydrogen) atoms. The van der Waals surface area contributed by atoms with Crippen molar-refractivity contribution in [1.82, 2.24) is 10.3 Å². The highest BCUT2D eigenvalue weighted by Crippen LogP contribution is 2.20. The summed E-state index contributed by atoms with van der Waals surface area (Å²) in [6, 6.07) is 12.9. The summed E-state index contributed by atoms with van der Waals surface area (Å²) in [5.41, 5.74) is 3.41. The molecule has 0 unspecified atom stereocenters. The lowest BCUT2D eigenvalue weighted by Gasteiger charge is -2.10. The van der Waals surface area contributed by atoms with Gasteiger partial charge in [-0.3, -0.25) is 0 Å². The molecule has 1 aromatic carbocycles. The Morgan fingerprint density at radius 1 is 1.29 bits per heavy atom. The van der Waals surface area contributed by atoms with E-state index in [1.54, 1.807) is 0 Å². The summed E-state index contributed by atoms with van der Waals surface area (Å²) in [5, 5.41) is 3.51. The minimum absolute atomic E-state index is 0.533. The predicted molar refractivity (Wildman–Crippen MR) is 87.3 cm³/mol. The lowest BCUT2D eigenvalue weighted by Crippen LogP contribution is -2.16. The van der Waals surface area contributed by atoms with E-state index in [0.29, 0.717) is 12.5 Å². The number of benzene rings is 1. The number of halogens is 1. The average Bonchev–Trinajstić information content (AvgIpc) is 3.28. The molecule has 1 fully saturated rings. The molecule has 110 valence electrons. The summed E-state index contributed by atoms with van der Waals surface area (Å²) >= 11 is 3.47. The normalized spacial score (nSPS) is 14.2. The summed E-state index contributed by atoms with van der Waals surface area (Å²) in [4.78, 5) is 4.54. The highest BCUT2D eigenvalue weighted by molar-refractivity contribution is 9.10. The third-order valence-electron chi connectivity index (χ3n) is 3.60. The van der Waals surface area contributed by atoms with Crippen LogP contribution in [-0.2, 0) is 13.2 Å². The molecule has 1 saturated carbocycles. The zero-order valence-corrected chi connectivity index (χ0v) is 13.7. The van der Waals surface area contributed by atoms with E-state index >= 15 is 0 Å². The Kier molecular flexibility index (Phi) is 4.56. The van der Waals surface area contributed by atoms with Crippen molar-refractivity contribution in [3.05, 3.63) is 57.7 Å². The van der Waals surface area contributed by atoms with E-state index in [-0.39, 0.29) is 0 Å². The van der Waals surface area contributed by atoms with Crippen LogP contribution in [0.4, 0.5) is 0 Å². The molecule has 1 aliphatic rings. The first-order valence-corrected chi connectivity index (χ1v) is 8.07. The van der Waals surface area contributed by atoms with Crippen molar-refractivity contribution in [2.24, 2.45) is 0 Å². The topological polar surface area (TPSA) is 34.1 Å². The molecule has 2 aromatic rings. The monoisotopic (exact) mass is 346 g/mol. The standard InChI is InChI=1S/C17H19BrN2O/c1-12-14(10-19-16-6-7-16)5-8-17(20-12)21-11-13-3-2-4-15(18)9-13/h2-5,8-9,16,19H,6-7,10-11H2,1H3. The van der Waals surface area contributed by atoms with Gasteiger partial charge >= 0.3 is 0 Å². The van der Waals surface area contributed by atoms with Gasteiger partial charge in [-0.1, -0.05) is 34.1 Å². The molecular weight excluding hydrogens is 328 g/mol. The Balaban J connectivity index is 1.59. The van der Waals surface area contributed by atoms with Gasteiger partial charge in [-0.2, -0.15) is 0 Å². The van der Waals surface area contributed by atoms with Crippen molar-refractivity contribution in [2.45, 2.75) is 39.0 Å². The Labute approximate surface area is 133 Å². The second kappa shape index (κ2) is 6.58. The van der Waals surface area contributed by atoms with E-state index in [1.807, 2.05) is 31.2 Å². The molecule has 1 heterocycles. The number of hydrogen-bond acceptors (Lipinski definition) is 3. The van der Waals surface area contributed by atoms with Crippen LogP contribution in [0.3, 0.4) is 0 Å². The average molecular weight is 347 g/mol. The zero-order chi connectivity index (χ0) is 14.7. The van der Waals surface area contributed by atoms with Crippen LogP contribution >= 0.6 is 15.9 Å². The molecule has 0 spiro atoms. The maximum atomic E-state index is 5.77. The minimum atomic E-state index is 0.533. The van der Waals surface area contributed by atoms with Crippen molar-refractivity contribution in [2.75, 3.05) is 0 Å². The smallest absolute Gasteiger partial charge is 0.213 e. The molecule has 4 heteroatoms. The van der Waals surface area contributed by atoms with Gasteiger partial charge in [0.2, 0.25) is 5.88 Å². The lowest BCUT2D eigenvalue weighted by molar-refractivity contribution is 0.293. The number of nitrogens with zero attached hydrogens (tertiary/aromatic N) is 1. The van der Waals surface area contributed by atoms with Gasteiger partial charge in [0, 0.05) is 28.8 Å². The molecule has 1 aliphatic carbocycles. The van der Waals surface area contributed by atoms with E-state index < -0.39 is 0 Å². The third-order valence-corrected chi connectivity index (χ3v) is 4.10. The lowest BCUT2D eigenvalue weighted by atomic mass is 10.2. The van der Waals surface area contributed by atoms with Gasteiger partial charge in [0.05, 0.1) is 0 Å². The number of rotatable bonds is 6. The molecule has 0 amide bonds. The summed E-state index contributed by atoms with van der Waals surface area (Å²) in [6.45, 7) is 3.47. The van der Waals surface area contributed by atoms with E-state index in [4.69, 9.17) is 4.74 Å². The quantitative estimate of drug-likeness (QED) is 0.858. The first-order valence-electron chi connectivity index (χ1n) is 7.28. The fraction of sp³-hybridized carbons (Fsp3) is 0.353. The molecule has 0 radical (unpaired) electrons. The Bertz CT molecular complexity index is 626. The van der Waals surface area contributed by atoms with Gasteiger partial charge in [-0.05, 0) is 43.0 Å². The van der Waals surface area contributed by atoms with Crippen LogP contribution in [0.15, 0.2) is 40.9 Å². The molecule has 1 aromatic heterocycles. The Morgan fingerprint density at radius 3 is 2.86 bits per heavy atom. The number of hydrogen-bond donors (Lipinski definition) is 1. The maximum Gasteiger partial charge on any atom is 0.213 e. The fourth-order valence-electron chi connectivity index (χ4n) is 2.16. The summed E-state index contributed by atoms with van der Waals surface area (Å²) in [6.07, 6.45) is 2.61.